The summed E-state index contributed by atoms with van der Waals surface area (Å²) in [5.74, 6) is -0.114. The number of halogens is 1. The van der Waals surface area contributed by atoms with Crippen molar-refractivity contribution >= 4 is 23.3 Å². The summed E-state index contributed by atoms with van der Waals surface area (Å²) in [5, 5.41) is 2.59. The molecule has 0 saturated carbocycles. The van der Waals surface area contributed by atoms with Gasteiger partial charge in [-0.25, -0.2) is 9.37 Å². The van der Waals surface area contributed by atoms with Crippen molar-refractivity contribution in [2.75, 3.05) is 16.8 Å². The van der Waals surface area contributed by atoms with Crippen molar-refractivity contribution in [2.24, 2.45) is 0 Å². The predicted octanol–water partition coefficient (Wildman–Crippen LogP) is 3.06. The Morgan fingerprint density at radius 1 is 1.31 bits per heavy atom. The summed E-state index contributed by atoms with van der Waals surface area (Å²) < 4.78 is 18.7. The molecule has 3 rings (SSSR count). The molecule has 0 radical (unpaired) electrons. The van der Waals surface area contributed by atoms with Crippen molar-refractivity contribution in [3.05, 3.63) is 47.9 Å². The minimum Gasteiger partial charge on any atom is -0.476 e. The van der Waals surface area contributed by atoms with Crippen LogP contribution in [0.3, 0.4) is 0 Å². The monoisotopic (exact) mass is 357 g/mol. The van der Waals surface area contributed by atoms with Gasteiger partial charge in [-0.05, 0) is 50.6 Å². The Kier molecular flexibility index (Phi) is 4.63. The van der Waals surface area contributed by atoms with Gasteiger partial charge in [0.25, 0.3) is 5.91 Å². The quantitative estimate of drug-likeness (QED) is 0.913. The average molecular weight is 357 g/mol. The van der Waals surface area contributed by atoms with E-state index in [0.717, 1.165) is 11.8 Å². The topological polar surface area (TPSA) is 71.5 Å². The number of benzene rings is 1. The summed E-state index contributed by atoms with van der Waals surface area (Å²) in [6.45, 7) is 5.53. The number of anilines is 2. The van der Waals surface area contributed by atoms with E-state index < -0.39 is 11.4 Å². The average Bonchev–Trinajstić information content (AvgIpc) is 2.58. The highest BCUT2D eigenvalue weighted by Gasteiger charge is 2.40. The number of carbonyl (C=O) groups excluding carboxylic acids is 2. The highest BCUT2D eigenvalue weighted by molar-refractivity contribution is 6.03. The van der Waals surface area contributed by atoms with Gasteiger partial charge in [0.05, 0.1) is 11.9 Å². The Labute approximate surface area is 151 Å². The molecule has 2 aromatic rings. The molecular weight excluding hydrogens is 337 g/mol. The smallest absolute Gasteiger partial charge is 0.270 e. The first kappa shape index (κ1) is 17.8. The van der Waals surface area contributed by atoms with Crippen LogP contribution in [-0.2, 0) is 9.59 Å². The number of hydrogen-bond acceptors (Lipinski definition) is 4. The standard InChI is InChI=1S/C19H20FN3O3/c1-12-4-6-15-14(10-12)23(18(25)19(2,3)26-15)9-8-17(24)22-16-7-5-13(20)11-21-16/h4-7,10-11H,8-9H2,1-3H3,(H,21,22,24). The first-order valence-corrected chi connectivity index (χ1v) is 8.29. The lowest BCUT2D eigenvalue weighted by Crippen LogP contribution is -2.53. The number of amides is 2. The minimum absolute atomic E-state index is 0.0776. The Bertz CT molecular complexity index is 850. The second kappa shape index (κ2) is 6.74. The van der Waals surface area contributed by atoms with Gasteiger partial charge in [0.1, 0.15) is 17.4 Å². The molecule has 26 heavy (non-hydrogen) atoms. The number of nitrogens with zero attached hydrogens (tertiary/aromatic N) is 2. The summed E-state index contributed by atoms with van der Waals surface area (Å²) in [6.07, 6.45) is 1.11. The molecule has 0 bridgehead atoms. The van der Waals surface area contributed by atoms with Gasteiger partial charge in [0, 0.05) is 13.0 Å². The Hall–Kier alpha value is -2.96. The van der Waals surface area contributed by atoms with Crippen LogP contribution in [0.4, 0.5) is 15.9 Å². The largest absolute Gasteiger partial charge is 0.476 e. The molecule has 0 fully saturated rings. The number of rotatable bonds is 4. The maximum Gasteiger partial charge on any atom is 0.270 e. The number of aromatic nitrogens is 1. The molecule has 0 saturated heterocycles. The van der Waals surface area contributed by atoms with E-state index in [1.54, 1.807) is 18.7 Å². The van der Waals surface area contributed by atoms with E-state index in [-0.39, 0.29) is 30.6 Å². The van der Waals surface area contributed by atoms with Gasteiger partial charge in [-0.2, -0.15) is 0 Å². The lowest BCUT2D eigenvalue weighted by atomic mass is 10.0. The van der Waals surface area contributed by atoms with Gasteiger partial charge in [-0.15, -0.1) is 0 Å². The highest BCUT2D eigenvalue weighted by atomic mass is 19.1. The third kappa shape index (κ3) is 3.66. The van der Waals surface area contributed by atoms with Crippen molar-refractivity contribution in [3.8, 4) is 5.75 Å². The summed E-state index contributed by atoms with van der Waals surface area (Å²) >= 11 is 0. The van der Waals surface area contributed by atoms with Crippen LogP contribution in [-0.4, -0.2) is 28.9 Å². The van der Waals surface area contributed by atoms with Crippen molar-refractivity contribution in [3.63, 3.8) is 0 Å². The van der Waals surface area contributed by atoms with E-state index in [1.807, 2.05) is 25.1 Å². The molecule has 1 aromatic carbocycles. The first-order chi connectivity index (χ1) is 12.3. The van der Waals surface area contributed by atoms with Crippen molar-refractivity contribution in [2.45, 2.75) is 32.8 Å². The van der Waals surface area contributed by atoms with Crippen LogP contribution in [0.25, 0.3) is 0 Å². The highest BCUT2D eigenvalue weighted by Crippen LogP contribution is 2.38. The minimum atomic E-state index is -1.00. The Morgan fingerprint density at radius 2 is 2.08 bits per heavy atom. The van der Waals surface area contributed by atoms with Crippen molar-refractivity contribution in [1.82, 2.24) is 4.98 Å². The molecule has 0 aliphatic carbocycles. The zero-order valence-electron chi connectivity index (χ0n) is 14.9. The number of fused-ring (bicyclic) bond motifs is 1. The van der Waals surface area contributed by atoms with E-state index >= 15 is 0 Å². The van der Waals surface area contributed by atoms with Crippen LogP contribution in [0.2, 0.25) is 0 Å². The summed E-state index contributed by atoms with van der Waals surface area (Å²) in [7, 11) is 0. The number of pyridine rings is 1. The van der Waals surface area contributed by atoms with Crippen LogP contribution >= 0.6 is 0 Å². The second-order valence-electron chi connectivity index (χ2n) is 6.70. The van der Waals surface area contributed by atoms with E-state index in [0.29, 0.717) is 11.4 Å². The molecule has 1 aromatic heterocycles. The van der Waals surface area contributed by atoms with Crippen molar-refractivity contribution < 1.29 is 18.7 Å². The third-order valence-corrected chi connectivity index (χ3v) is 4.09. The van der Waals surface area contributed by atoms with E-state index in [9.17, 15) is 14.0 Å². The van der Waals surface area contributed by atoms with Crippen LogP contribution in [0.15, 0.2) is 36.5 Å². The summed E-state index contributed by atoms with van der Waals surface area (Å²) in [5.41, 5.74) is 0.643. The molecule has 136 valence electrons. The number of hydrogen-bond donors (Lipinski definition) is 1. The summed E-state index contributed by atoms with van der Waals surface area (Å²) in [4.78, 5) is 30.3. The molecule has 2 heterocycles. The fourth-order valence-corrected chi connectivity index (χ4v) is 2.77. The van der Waals surface area contributed by atoms with Gasteiger partial charge in [0.15, 0.2) is 5.60 Å². The van der Waals surface area contributed by atoms with Gasteiger partial charge in [-0.3, -0.25) is 9.59 Å². The molecule has 1 aliphatic heterocycles. The van der Waals surface area contributed by atoms with Gasteiger partial charge in [-0.1, -0.05) is 6.07 Å². The SMILES string of the molecule is Cc1ccc2c(c1)N(CCC(=O)Nc1ccc(F)cn1)C(=O)C(C)(C)O2. The molecule has 1 aliphatic rings. The Morgan fingerprint density at radius 3 is 2.77 bits per heavy atom. The lowest BCUT2D eigenvalue weighted by Gasteiger charge is -2.38. The maximum absolute atomic E-state index is 12.9. The van der Waals surface area contributed by atoms with Crippen LogP contribution in [0.1, 0.15) is 25.8 Å². The fraction of sp³-hybridized carbons (Fsp3) is 0.316. The van der Waals surface area contributed by atoms with E-state index in [1.165, 1.54) is 12.1 Å². The second-order valence-corrected chi connectivity index (χ2v) is 6.70. The molecule has 0 spiro atoms. The third-order valence-electron chi connectivity index (χ3n) is 4.09. The van der Waals surface area contributed by atoms with Crippen molar-refractivity contribution in [1.29, 1.82) is 0 Å². The molecule has 7 heteroatoms. The zero-order chi connectivity index (χ0) is 18.9. The molecule has 2 amide bonds. The van der Waals surface area contributed by atoms with Gasteiger partial charge < -0.3 is 15.0 Å². The first-order valence-electron chi connectivity index (χ1n) is 8.29. The number of ether oxygens (including phenoxy) is 1. The predicted molar refractivity (Wildman–Crippen MR) is 95.7 cm³/mol. The Balaban J connectivity index is 1.73. The number of nitrogens with one attached hydrogen (secondary N) is 1. The van der Waals surface area contributed by atoms with Gasteiger partial charge in [0.2, 0.25) is 5.91 Å². The van der Waals surface area contributed by atoms with E-state index in [2.05, 4.69) is 10.3 Å². The molecule has 0 atom stereocenters. The number of carbonyl (C=O) groups is 2. The van der Waals surface area contributed by atoms with Crippen LogP contribution < -0.4 is 15.0 Å². The van der Waals surface area contributed by atoms with Gasteiger partial charge >= 0.3 is 0 Å². The normalized spacial score (nSPS) is 15.2. The molecule has 0 unspecified atom stereocenters. The van der Waals surface area contributed by atoms with Crippen LogP contribution in [0, 0.1) is 12.7 Å². The molecule has 1 N–H and O–H groups in total. The zero-order valence-corrected chi connectivity index (χ0v) is 14.9. The summed E-state index contributed by atoms with van der Waals surface area (Å²) in [6, 6.07) is 8.20. The molecular formula is C19H20FN3O3. The lowest BCUT2D eigenvalue weighted by molar-refractivity contribution is -0.132. The van der Waals surface area contributed by atoms with E-state index in [4.69, 9.17) is 4.74 Å². The number of aryl methyl sites for hydroxylation is 1. The maximum atomic E-state index is 12.9. The van der Waals surface area contributed by atoms with Crippen LogP contribution in [0.5, 0.6) is 5.75 Å². The fourth-order valence-electron chi connectivity index (χ4n) is 2.77. The molecule has 6 nitrogen and oxygen atoms in total.